The van der Waals surface area contributed by atoms with Crippen LogP contribution in [0.3, 0.4) is 0 Å². The largest absolute Gasteiger partial charge is 0.484 e. The van der Waals surface area contributed by atoms with E-state index in [1.54, 1.807) is 30.5 Å². The van der Waals surface area contributed by atoms with Gasteiger partial charge in [0.05, 0.1) is 5.52 Å². The number of carbonyl (C=O) groups excluding carboxylic acids is 1. The highest BCUT2D eigenvalue weighted by atomic mass is 35.5. The first-order chi connectivity index (χ1) is 11.1. The predicted octanol–water partition coefficient (Wildman–Crippen LogP) is 4.21. The lowest BCUT2D eigenvalue weighted by atomic mass is 10.2. The molecule has 5 heteroatoms. The third-order valence-electron chi connectivity index (χ3n) is 3.41. The molecule has 1 heterocycles. The molecule has 0 spiro atoms. The first-order valence-corrected chi connectivity index (χ1v) is 7.53. The number of hydrogen-bond donors (Lipinski definition) is 1. The first kappa shape index (κ1) is 15.3. The van der Waals surface area contributed by atoms with Crippen molar-refractivity contribution in [2.45, 2.75) is 6.92 Å². The van der Waals surface area contributed by atoms with Crippen molar-refractivity contribution in [3.63, 3.8) is 0 Å². The third kappa shape index (κ3) is 3.79. The molecule has 0 aliphatic heterocycles. The molecule has 1 aromatic heterocycles. The molecule has 2 aromatic carbocycles. The highest BCUT2D eigenvalue weighted by Crippen LogP contribution is 2.20. The van der Waals surface area contributed by atoms with Crippen LogP contribution in [0.4, 0.5) is 5.69 Å². The van der Waals surface area contributed by atoms with Crippen LogP contribution in [0.2, 0.25) is 5.02 Å². The Morgan fingerprint density at radius 1 is 1.22 bits per heavy atom. The average molecular weight is 327 g/mol. The molecule has 116 valence electrons. The molecule has 0 aliphatic carbocycles. The number of fused-ring (bicyclic) bond motifs is 1. The quantitative estimate of drug-likeness (QED) is 0.781. The second-order valence-corrected chi connectivity index (χ2v) is 5.59. The third-order valence-corrected chi connectivity index (χ3v) is 3.64. The Morgan fingerprint density at radius 3 is 2.91 bits per heavy atom. The second kappa shape index (κ2) is 6.67. The topological polar surface area (TPSA) is 51.2 Å². The van der Waals surface area contributed by atoms with Gasteiger partial charge >= 0.3 is 0 Å². The van der Waals surface area contributed by atoms with Gasteiger partial charge in [-0.25, -0.2) is 0 Å². The van der Waals surface area contributed by atoms with Crippen LogP contribution < -0.4 is 10.1 Å². The number of nitrogens with zero attached hydrogens (tertiary/aromatic N) is 1. The molecular weight excluding hydrogens is 312 g/mol. The molecular formula is C18H15ClN2O2. The molecule has 1 N–H and O–H groups in total. The van der Waals surface area contributed by atoms with Crippen molar-refractivity contribution in [2.75, 3.05) is 11.9 Å². The molecule has 4 nitrogen and oxygen atoms in total. The second-order valence-electron chi connectivity index (χ2n) is 5.15. The van der Waals surface area contributed by atoms with Gasteiger partial charge in [0.15, 0.2) is 6.61 Å². The molecule has 0 aliphatic rings. The van der Waals surface area contributed by atoms with E-state index in [9.17, 15) is 4.79 Å². The summed E-state index contributed by atoms with van der Waals surface area (Å²) in [5.74, 6) is 0.412. The van der Waals surface area contributed by atoms with E-state index < -0.39 is 0 Å². The fourth-order valence-corrected chi connectivity index (χ4v) is 2.47. The zero-order chi connectivity index (χ0) is 16.2. The highest BCUT2D eigenvalue weighted by Gasteiger charge is 2.07. The number of carbonyl (C=O) groups is 1. The van der Waals surface area contributed by atoms with E-state index in [4.69, 9.17) is 16.3 Å². The van der Waals surface area contributed by atoms with Crippen LogP contribution in [0, 0.1) is 6.92 Å². The van der Waals surface area contributed by atoms with Crippen LogP contribution >= 0.6 is 11.6 Å². The van der Waals surface area contributed by atoms with Crippen LogP contribution in [0.5, 0.6) is 5.75 Å². The minimum atomic E-state index is -0.221. The van der Waals surface area contributed by atoms with Crippen molar-refractivity contribution < 1.29 is 9.53 Å². The molecule has 0 fully saturated rings. The maximum absolute atomic E-state index is 12.0. The number of benzene rings is 2. The van der Waals surface area contributed by atoms with Crippen molar-refractivity contribution >= 4 is 34.1 Å². The van der Waals surface area contributed by atoms with Gasteiger partial charge in [0.2, 0.25) is 0 Å². The van der Waals surface area contributed by atoms with Crippen LogP contribution in [0.1, 0.15) is 5.56 Å². The monoisotopic (exact) mass is 326 g/mol. The lowest BCUT2D eigenvalue weighted by molar-refractivity contribution is -0.118. The van der Waals surface area contributed by atoms with Gasteiger partial charge in [0.25, 0.3) is 5.91 Å². The van der Waals surface area contributed by atoms with E-state index in [1.807, 2.05) is 31.2 Å². The van der Waals surface area contributed by atoms with E-state index in [0.717, 1.165) is 22.2 Å². The summed E-state index contributed by atoms with van der Waals surface area (Å²) in [5.41, 5.74) is 2.52. The number of rotatable bonds is 4. The maximum atomic E-state index is 12.0. The summed E-state index contributed by atoms with van der Waals surface area (Å²) < 4.78 is 5.55. The zero-order valence-corrected chi connectivity index (χ0v) is 13.3. The van der Waals surface area contributed by atoms with E-state index in [1.165, 1.54) is 0 Å². The fraction of sp³-hybridized carbons (Fsp3) is 0.111. The van der Waals surface area contributed by atoms with Crippen molar-refractivity contribution in [1.82, 2.24) is 4.98 Å². The molecule has 0 unspecified atom stereocenters. The van der Waals surface area contributed by atoms with Gasteiger partial charge in [0, 0.05) is 22.3 Å². The number of ether oxygens (including phenoxy) is 1. The fourth-order valence-electron chi connectivity index (χ4n) is 2.25. The molecule has 0 bridgehead atoms. The lowest BCUT2D eigenvalue weighted by Crippen LogP contribution is -2.20. The van der Waals surface area contributed by atoms with Gasteiger partial charge < -0.3 is 10.1 Å². The molecule has 3 rings (SSSR count). The van der Waals surface area contributed by atoms with Crippen molar-refractivity contribution in [3.05, 3.63) is 65.3 Å². The number of pyridine rings is 1. The molecule has 0 radical (unpaired) electrons. The van der Waals surface area contributed by atoms with Gasteiger partial charge in [0.1, 0.15) is 5.75 Å². The van der Waals surface area contributed by atoms with E-state index >= 15 is 0 Å². The Morgan fingerprint density at radius 2 is 2.09 bits per heavy atom. The molecule has 23 heavy (non-hydrogen) atoms. The summed E-state index contributed by atoms with van der Waals surface area (Å²) in [6.45, 7) is 1.83. The van der Waals surface area contributed by atoms with E-state index in [-0.39, 0.29) is 12.5 Å². The zero-order valence-electron chi connectivity index (χ0n) is 12.5. The van der Waals surface area contributed by atoms with Crippen molar-refractivity contribution in [1.29, 1.82) is 0 Å². The summed E-state index contributed by atoms with van der Waals surface area (Å²) >= 11 is 5.90. The molecule has 0 saturated carbocycles. The van der Waals surface area contributed by atoms with E-state index in [0.29, 0.717) is 10.8 Å². The minimum absolute atomic E-state index is 0.0617. The van der Waals surface area contributed by atoms with Crippen LogP contribution in [0.25, 0.3) is 10.9 Å². The number of anilines is 1. The first-order valence-electron chi connectivity index (χ1n) is 7.15. The Balaban J connectivity index is 1.63. The summed E-state index contributed by atoms with van der Waals surface area (Å²) in [5, 5.41) is 4.42. The summed E-state index contributed by atoms with van der Waals surface area (Å²) in [6.07, 6.45) is 1.74. The van der Waals surface area contributed by atoms with Crippen LogP contribution in [-0.4, -0.2) is 17.5 Å². The smallest absolute Gasteiger partial charge is 0.262 e. The minimum Gasteiger partial charge on any atom is -0.484 e. The Hall–Kier alpha value is -2.59. The average Bonchev–Trinajstić information content (AvgIpc) is 2.55. The Bertz CT molecular complexity index is 865. The Kier molecular flexibility index (Phi) is 4.44. The summed E-state index contributed by atoms with van der Waals surface area (Å²) in [4.78, 5) is 16.2. The van der Waals surface area contributed by atoms with Crippen molar-refractivity contribution in [3.8, 4) is 5.75 Å². The number of amides is 1. The summed E-state index contributed by atoms with van der Waals surface area (Å²) in [6, 6.07) is 14.7. The number of nitrogens with one attached hydrogen (secondary N) is 1. The van der Waals surface area contributed by atoms with Gasteiger partial charge in [-0.1, -0.05) is 17.7 Å². The number of aryl methyl sites for hydroxylation is 1. The van der Waals surface area contributed by atoms with Crippen LogP contribution in [0.15, 0.2) is 54.7 Å². The number of hydrogen-bond acceptors (Lipinski definition) is 3. The van der Waals surface area contributed by atoms with Gasteiger partial charge in [-0.2, -0.15) is 0 Å². The Labute approximate surface area is 139 Å². The molecule has 3 aromatic rings. The van der Waals surface area contributed by atoms with Gasteiger partial charge in [-0.15, -0.1) is 0 Å². The van der Waals surface area contributed by atoms with Gasteiger partial charge in [-0.3, -0.25) is 9.78 Å². The lowest BCUT2D eigenvalue weighted by Gasteiger charge is -2.10. The van der Waals surface area contributed by atoms with Gasteiger partial charge in [-0.05, 0) is 55.0 Å². The van der Waals surface area contributed by atoms with Crippen molar-refractivity contribution in [2.24, 2.45) is 0 Å². The standard InChI is InChI=1S/C18H15ClN2O2/c1-12-9-14(19)4-6-16(12)21-18(22)11-23-15-5-7-17-13(10-15)3-2-8-20-17/h2-10H,11H2,1H3,(H,21,22). The van der Waals surface area contributed by atoms with Crippen LogP contribution in [-0.2, 0) is 4.79 Å². The maximum Gasteiger partial charge on any atom is 0.262 e. The SMILES string of the molecule is Cc1cc(Cl)ccc1NC(=O)COc1ccc2ncccc2c1. The molecule has 0 atom stereocenters. The highest BCUT2D eigenvalue weighted by molar-refractivity contribution is 6.30. The molecule has 0 saturated heterocycles. The van der Waals surface area contributed by atoms with E-state index in [2.05, 4.69) is 10.3 Å². The normalized spacial score (nSPS) is 10.5. The number of halogens is 1. The predicted molar refractivity (Wildman–Crippen MR) is 92.1 cm³/mol. The molecule has 1 amide bonds. The number of aromatic nitrogens is 1. The summed E-state index contributed by atoms with van der Waals surface area (Å²) in [7, 11) is 0.